The van der Waals surface area contributed by atoms with E-state index in [1.54, 1.807) is 30.3 Å². The summed E-state index contributed by atoms with van der Waals surface area (Å²) < 4.78 is 29.1. The van der Waals surface area contributed by atoms with Gasteiger partial charge >= 0.3 is 6.09 Å². The zero-order valence-corrected chi connectivity index (χ0v) is 15.3. The lowest BCUT2D eigenvalue weighted by molar-refractivity contribution is 0.197. The van der Waals surface area contributed by atoms with Crippen LogP contribution in [-0.2, 0) is 16.4 Å². The minimum Gasteiger partial charge on any atom is -0.464 e. The Morgan fingerprint density at radius 2 is 2.07 bits per heavy atom. The molecule has 0 aliphatic carbocycles. The molecule has 2 aromatic heterocycles. The van der Waals surface area contributed by atoms with Gasteiger partial charge in [0.15, 0.2) is 0 Å². The molecule has 9 nitrogen and oxygen atoms in total. The molecule has 3 aromatic rings. The van der Waals surface area contributed by atoms with Crippen LogP contribution in [0.4, 0.5) is 4.79 Å². The molecule has 0 unspecified atom stereocenters. The molecule has 2 heterocycles. The smallest absolute Gasteiger partial charge is 0.415 e. The van der Waals surface area contributed by atoms with Crippen LogP contribution in [0.1, 0.15) is 5.69 Å². The van der Waals surface area contributed by atoms with Crippen LogP contribution in [0.25, 0.3) is 10.9 Å². The average molecular weight is 390 g/mol. The molecule has 0 amide bonds. The second kappa shape index (κ2) is 7.72. The first kappa shape index (κ1) is 18.8. The lowest BCUT2D eigenvalue weighted by atomic mass is 10.2. The van der Waals surface area contributed by atoms with Crippen LogP contribution >= 0.6 is 0 Å². The van der Waals surface area contributed by atoms with Crippen LogP contribution < -0.4 is 10.1 Å². The summed E-state index contributed by atoms with van der Waals surface area (Å²) in [7, 11) is -3.01. The van der Waals surface area contributed by atoms with Gasteiger partial charge in [0.05, 0.1) is 17.0 Å². The zero-order valence-electron chi connectivity index (χ0n) is 14.5. The van der Waals surface area contributed by atoms with Crippen molar-refractivity contribution in [2.75, 3.05) is 18.6 Å². The minimum absolute atomic E-state index is 0.0530. The molecule has 0 saturated carbocycles. The predicted molar refractivity (Wildman–Crippen MR) is 98.9 cm³/mol. The van der Waals surface area contributed by atoms with Gasteiger partial charge < -0.3 is 15.2 Å². The third-order valence-electron chi connectivity index (χ3n) is 3.74. The van der Waals surface area contributed by atoms with E-state index in [0.717, 1.165) is 9.95 Å². The van der Waals surface area contributed by atoms with Gasteiger partial charge in [0.2, 0.25) is 5.88 Å². The summed E-state index contributed by atoms with van der Waals surface area (Å²) in [4.78, 5) is 19.3. The molecule has 0 fully saturated rings. The molecule has 0 radical (unpaired) electrons. The first-order valence-electron chi connectivity index (χ1n) is 8.03. The molecule has 142 valence electrons. The van der Waals surface area contributed by atoms with Gasteiger partial charge in [0, 0.05) is 37.0 Å². The molecule has 10 heteroatoms. The molecule has 0 saturated heterocycles. The molecule has 3 rings (SSSR count). The lowest BCUT2D eigenvalue weighted by Gasteiger charge is -2.07. The van der Waals surface area contributed by atoms with Gasteiger partial charge in [-0.15, -0.1) is 0 Å². The van der Waals surface area contributed by atoms with Gasteiger partial charge in [-0.1, -0.05) is 0 Å². The zero-order chi connectivity index (χ0) is 19.4. The summed E-state index contributed by atoms with van der Waals surface area (Å²) in [6.07, 6.45) is 2.97. The number of rotatable bonds is 7. The molecule has 0 bridgehead atoms. The fourth-order valence-electron chi connectivity index (χ4n) is 2.48. The van der Waals surface area contributed by atoms with E-state index in [-0.39, 0.29) is 5.75 Å². The Morgan fingerprint density at radius 1 is 1.26 bits per heavy atom. The molecule has 0 aliphatic heterocycles. The topological polar surface area (TPSA) is 123 Å². The standard InChI is InChI=1S/C17H18N4O5S/c1-27(24,25)7-5-18-10-13-9-16(20-11-19-13)26-14-2-3-15-12(8-14)4-6-21(15)17(22)23/h2-4,6,8-9,11,18H,5,7,10H2,1H3,(H,22,23). The van der Waals surface area contributed by atoms with Gasteiger partial charge in [-0.2, -0.15) is 0 Å². The van der Waals surface area contributed by atoms with Crippen LogP contribution in [0.2, 0.25) is 0 Å². The lowest BCUT2D eigenvalue weighted by Crippen LogP contribution is -2.22. The van der Waals surface area contributed by atoms with Crippen molar-refractivity contribution in [1.82, 2.24) is 19.9 Å². The minimum atomic E-state index is -3.01. The summed E-state index contributed by atoms with van der Waals surface area (Å²) in [6.45, 7) is 0.713. The van der Waals surface area contributed by atoms with E-state index in [0.29, 0.717) is 35.9 Å². The van der Waals surface area contributed by atoms with Crippen LogP contribution in [-0.4, -0.2) is 52.7 Å². The number of ether oxygens (including phenoxy) is 1. The van der Waals surface area contributed by atoms with Gasteiger partial charge in [-0.05, 0) is 24.3 Å². The van der Waals surface area contributed by atoms with E-state index in [1.807, 2.05) is 0 Å². The maximum atomic E-state index is 11.1. The van der Waals surface area contributed by atoms with Crippen LogP contribution in [0.5, 0.6) is 11.6 Å². The van der Waals surface area contributed by atoms with Crippen molar-refractivity contribution in [3.63, 3.8) is 0 Å². The maximum Gasteiger partial charge on any atom is 0.415 e. The van der Waals surface area contributed by atoms with Crippen molar-refractivity contribution in [1.29, 1.82) is 0 Å². The number of carbonyl (C=O) groups is 1. The second-order valence-corrected chi connectivity index (χ2v) is 8.20. The number of nitrogens with one attached hydrogen (secondary N) is 1. The van der Waals surface area contributed by atoms with E-state index in [2.05, 4.69) is 15.3 Å². The Bertz CT molecular complexity index is 1080. The number of hydrogen-bond donors (Lipinski definition) is 2. The number of fused-ring (bicyclic) bond motifs is 1. The molecule has 0 atom stereocenters. The largest absolute Gasteiger partial charge is 0.464 e. The van der Waals surface area contributed by atoms with E-state index >= 15 is 0 Å². The Balaban J connectivity index is 1.67. The van der Waals surface area contributed by atoms with E-state index in [4.69, 9.17) is 9.84 Å². The molecular formula is C17H18N4O5S. The van der Waals surface area contributed by atoms with Crippen molar-refractivity contribution in [2.45, 2.75) is 6.54 Å². The monoisotopic (exact) mass is 390 g/mol. The number of aromatic nitrogens is 3. The molecule has 27 heavy (non-hydrogen) atoms. The van der Waals surface area contributed by atoms with E-state index in [9.17, 15) is 13.2 Å². The highest BCUT2D eigenvalue weighted by Crippen LogP contribution is 2.25. The summed E-state index contributed by atoms with van der Waals surface area (Å²) in [5.74, 6) is 0.902. The van der Waals surface area contributed by atoms with Crippen molar-refractivity contribution in [3.05, 3.63) is 48.5 Å². The second-order valence-electron chi connectivity index (χ2n) is 5.95. The first-order valence-corrected chi connectivity index (χ1v) is 10.1. The Hall–Kier alpha value is -2.98. The van der Waals surface area contributed by atoms with Crippen molar-refractivity contribution in [3.8, 4) is 11.6 Å². The Kier molecular flexibility index (Phi) is 5.38. The van der Waals surface area contributed by atoms with Crippen LogP contribution in [0.3, 0.4) is 0 Å². The van der Waals surface area contributed by atoms with Crippen LogP contribution in [0.15, 0.2) is 42.9 Å². The number of sulfone groups is 1. The van der Waals surface area contributed by atoms with Crippen molar-refractivity contribution >= 4 is 26.8 Å². The molecular weight excluding hydrogens is 372 g/mol. The quantitative estimate of drug-likeness (QED) is 0.586. The average Bonchev–Trinajstić information content (AvgIpc) is 3.02. The van der Waals surface area contributed by atoms with Gasteiger partial charge in [-0.3, -0.25) is 4.57 Å². The van der Waals surface area contributed by atoms with Crippen LogP contribution in [0, 0.1) is 0 Å². The normalized spacial score (nSPS) is 11.6. The van der Waals surface area contributed by atoms with Crippen molar-refractivity contribution in [2.24, 2.45) is 0 Å². The summed E-state index contributed by atoms with van der Waals surface area (Å²) in [5.41, 5.74) is 1.22. The third kappa shape index (κ3) is 5.02. The third-order valence-corrected chi connectivity index (χ3v) is 4.69. The first-order chi connectivity index (χ1) is 12.8. The highest BCUT2D eigenvalue weighted by Gasteiger charge is 2.09. The Labute approximate surface area is 155 Å². The van der Waals surface area contributed by atoms with Gasteiger partial charge in [0.25, 0.3) is 0 Å². The molecule has 2 N–H and O–H groups in total. The van der Waals surface area contributed by atoms with Crippen molar-refractivity contribution < 1.29 is 23.1 Å². The summed E-state index contributed by atoms with van der Waals surface area (Å²) in [5, 5.41) is 12.8. The van der Waals surface area contributed by atoms with E-state index < -0.39 is 15.9 Å². The number of benzene rings is 1. The predicted octanol–water partition coefficient (Wildman–Crippen LogP) is 1.88. The van der Waals surface area contributed by atoms with E-state index in [1.165, 1.54) is 18.8 Å². The SMILES string of the molecule is CS(=O)(=O)CCNCc1cc(Oc2ccc3c(ccn3C(=O)O)c2)ncn1. The number of nitrogens with zero attached hydrogens (tertiary/aromatic N) is 3. The van der Waals surface area contributed by atoms with Gasteiger partial charge in [0.1, 0.15) is 21.9 Å². The highest BCUT2D eigenvalue weighted by molar-refractivity contribution is 7.90. The fraction of sp³-hybridized carbons (Fsp3) is 0.235. The maximum absolute atomic E-state index is 11.1. The molecule has 0 aliphatic rings. The van der Waals surface area contributed by atoms with Gasteiger partial charge in [-0.25, -0.2) is 23.2 Å². The summed E-state index contributed by atoms with van der Waals surface area (Å²) in [6, 6.07) is 8.38. The Morgan fingerprint density at radius 3 is 2.81 bits per heavy atom. The fourth-order valence-corrected chi connectivity index (χ4v) is 2.99. The number of hydrogen-bond acceptors (Lipinski definition) is 7. The molecule has 0 spiro atoms. The highest BCUT2D eigenvalue weighted by atomic mass is 32.2. The summed E-state index contributed by atoms with van der Waals surface area (Å²) >= 11 is 0. The number of carboxylic acid groups (broad SMARTS) is 1. The molecule has 1 aromatic carbocycles.